The molecule has 2 aromatic heterocycles. The highest BCUT2D eigenvalue weighted by Gasteiger charge is 2.29. The lowest BCUT2D eigenvalue weighted by Crippen LogP contribution is -2.27. The predicted octanol–water partition coefficient (Wildman–Crippen LogP) is 2.13. The molecule has 1 aliphatic rings. The van der Waals surface area contributed by atoms with Crippen molar-refractivity contribution in [3.8, 4) is 0 Å². The standard InChI is InChI=1S/C18H21N5O/c1-12-3-5-13(6-4-12)10-23(14-7-8-14)11-16-20-17-15(18(24)21-16)9-19-22(17)2/h3-6,9,14H,7-8,10-11H2,1-2H3,(H,20,21,24). The van der Waals surface area contributed by atoms with Gasteiger partial charge in [-0.05, 0) is 25.3 Å². The first-order valence-corrected chi connectivity index (χ1v) is 8.30. The molecule has 24 heavy (non-hydrogen) atoms. The molecule has 4 rings (SSSR count). The molecule has 6 nitrogen and oxygen atoms in total. The Kier molecular flexibility index (Phi) is 3.69. The van der Waals surface area contributed by atoms with Crippen LogP contribution < -0.4 is 5.56 Å². The molecule has 1 N–H and O–H groups in total. The number of hydrogen-bond donors (Lipinski definition) is 1. The zero-order valence-corrected chi connectivity index (χ0v) is 14.0. The molecule has 0 spiro atoms. The summed E-state index contributed by atoms with van der Waals surface area (Å²) in [7, 11) is 1.81. The fourth-order valence-electron chi connectivity index (χ4n) is 3.03. The molecule has 0 atom stereocenters. The van der Waals surface area contributed by atoms with Crippen LogP contribution in [0.25, 0.3) is 11.0 Å². The highest BCUT2D eigenvalue weighted by Crippen LogP contribution is 2.29. The fraction of sp³-hybridized carbons (Fsp3) is 0.389. The predicted molar refractivity (Wildman–Crippen MR) is 92.6 cm³/mol. The molecule has 1 fully saturated rings. The first kappa shape index (κ1) is 15.1. The van der Waals surface area contributed by atoms with Crippen LogP contribution >= 0.6 is 0 Å². The summed E-state index contributed by atoms with van der Waals surface area (Å²) in [6.45, 7) is 3.62. The van der Waals surface area contributed by atoms with Crippen LogP contribution in [-0.4, -0.2) is 30.7 Å². The molecule has 0 bridgehead atoms. The summed E-state index contributed by atoms with van der Waals surface area (Å²) in [6, 6.07) is 9.21. The minimum absolute atomic E-state index is 0.116. The number of aromatic nitrogens is 4. The monoisotopic (exact) mass is 323 g/mol. The molecule has 0 aliphatic heterocycles. The van der Waals surface area contributed by atoms with Gasteiger partial charge in [0.15, 0.2) is 5.65 Å². The van der Waals surface area contributed by atoms with Crippen LogP contribution in [0.3, 0.4) is 0 Å². The van der Waals surface area contributed by atoms with Crippen LogP contribution in [0.15, 0.2) is 35.3 Å². The molecule has 3 aromatic rings. The van der Waals surface area contributed by atoms with E-state index >= 15 is 0 Å². The van der Waals surface area contributed by atoms with Crippen LogP contribution in [0.1, 0.15) is 29.8 Å². The molecule has 0 amide bonds. The smallest absolute Gasteiger partial charge is 0.262 e. The number of nitrogens with one attached hydrogen (secondary N) is 1. The zero-order valence-electron chi connectivity index (χ0n) is 14.0. The van der Waals surface area contributed by atoms with E-state index in [4.69, 9.17) is 0 Å². The second kappa shape index (κ2) is 5.87. The third kappa shape index (κ3) is 2.97. The quantitative estimate of drug-likeness (QED) is 0.781. The molecule has 0 unspecified atom stereocenters. The highest BCUT2D eigenvalue weighted by atomic mass is 16.1. The van der Waals surface area contributed by atoms with Crippen molar-refractivity contribution in [3.05, 3.63) is 57.8 Å². The Morgan fingerprint density at radius 2 is 2.00 bits per heavy atom. The summed E-state index contributed by atoms with van der Waals surface area (Å²) >= 11 is 0. The van der Waals surface area contributed by atoms with Crippen LogP contribution in [0.4, 0.5) is 0 Å². The van der Waals surface area contributed by atoms with Crippen molar-refractivity contribution >= 4 is 11.0 Å². The minimum atomic E-state index is -0.116. The third-order valence-electron chi connectivity index (χ3n) is 4.57. The summed E-state index contributed by atoms with van der Waals surface area (Å²) in [6.07, 6.45) is 3.99. The Morgan fingerprint density at radius 1 is 1.25 bits per heavy atom. The van der Waals surface area contributed by atoms with E-state index in [0.29, 0.717) is 29.4 Å². The number of aromatic amines is 1. The van der Waals surface area contributed by atoms with Crippen molar-refractivity contribution in [1.29, 1.82) is 0 Å². The molecule has 1 aromatic carbocycles. The largest absolute Gasteiger partial charge is 0.309 e. The van der Waals surface area contributed by atoms with Crippen molar-refractivity contribution in [3.63, 3.8) is 0 Å². The van der Waals surface area contributed by atoms with Crippen molar-refractivity contribution in [2.75, 3.05) is 0 Å². The maximum Gasteiger partial charge on any atom is 0.262 e. The Hall–Kier alpha value is -2.47. The molecule has 1 aliphatic carbocycles. The molecule has 2 heterocycles. The van der Waals surface area contributed by atoms with E-state index in [1.54, 1.807) is 10.9 Å². The van der Waals surface area contributed by atoms with E-state index in [9.17, 15) is 4.79 Å². The van der Waals surface area contributed by atoms with Crippen LogP contribution in [-0.2, 0) is 20.1 Å². The molecule has 0 radical (unpaired) electrons. The molecular formula is C18H21N5O. The van der Waals surface area contributed by atoms with E-state index in [-0.39, 0.29) is 5.56 Å². The van der Waals surface area contributed by atoms with E-state index in [2.05, 4.69) is 51.2 Å². The number of H-pyrrole nitrogens is 1. The van der Waals surface area contributed by atoms with Gasteiger partial charge in [0, 0.05) is 19.6 Å². The number of benzene rings is 1. The average Bonchev–Trinajstić information content (AvgIpc) is 3.34. The minimum Gasteiger partial charge on any atom is -0.309 e. The molecule has 1 saturated carbocycles. The molecule has 0 saturated heterocycles. The van der Waals surface area contributed by atoms with Gasteiger partial charge in [-0.15, -0.1) is 0 Å². The fourth-order valence-corrected chi connectivity index (χ4v) is 3.03. The van der Waals surface area contributed by atoms with Crippen molar-refractivity contribution in [2.24, 2.45) is 7.05 Å². The summed E-state index contributed by atoms with van der Waals surface area (Å²) in [5.41, 5.74) is 3.08. The number of fused-ring (bicyclic) bond motifs is 1. The molecular weight excluding hydrogens is 302 g/mol. The SMILES string of the molecule is Cc1ccc(CN(Cc2nc3c(cnn3C)c(=O)[nH]2)C2CC2)cc1. The number of hydrogen-bond acceptors (Lipinski definition) is 4. The van der Waals surface area contributed by atoms with Crippen molar-refractivity contribution in [2.45, 2.75) is 38.9 Å². The third-order valence-corrected chi connectivity index (χ3v) is 4.57. The maximum atomic E-state index is 12.2. The second-order valence-electron chi connectivity index (χ2n) is 6.64. The van der Waals surface area contributed by atoms with E-state index < -0.39 is 0 Å². The average molecular weight is 323 g/mol. The molecule has 6 heteroatoms. The second-order valence-corrected chi connectivity index (χ2v) is 6.64. The summed E-state index contributed by atoms with van der Waals surface area (Å²) < 4.78 is 1.65. The summed E-state index contributed by atoms with van der Waals surface area (Å²) in [5, 5.41) is 4.66. The number of nitrogens with zero attached hydrogens (tertiary/aromatic N) is 4. The Balaban J connectivity index is 1.60. The normalized spacial score (nSPS) is 14.6. The van der Waals surface area contributed by atoms with Gasteiger partial charge in [-0.2, -0.15) is 5.10 Å². The summed E-state index contributed by atoms with van der Waals surface area (Å²) in [5.74, 6) is 0.704. The van der Waals surface area contributed by atoms with Gasteiger partial charge in [0.1, 0.15) is 11.2 Å². The van der Waals surface area contributed by atoms with Crippen molar-refractivity contribution < 1.29 is 0 Å². The van der Waals surface area contributed by atoms with E-state index in [1.807, 2.05) is 7.05 Å². The van der Waals surface area contributed by atoms with Crippen LogP contribution in [0, 0.1) is 6.92 Å². The van der Waals surface area contributed by atoms with E-state index in [1.165, 1.54) is 24.0 Å². The number of aryl methyl sites for hydroxylation is 2. The van der Waals surface area contributed by atoms with Crippen LogP contribution in [0.2, 0.25) is 0 Å². The topological polar surface area (TPSA) is 66.8 Å². The van der Waals surface area contributed by atoms with Gasteiger partial charge in [0.05, 0.1) is 12.7 Å². The zero-order chi connectivity index (χ0) is 16.7. The van der Waals surface area contributed by atoms with Gasteiger partial charge in [-0.1, -0.05) is 29.8 Å². The van der Waals surface area contributed by atoms with Gasteiger partial charge in [0.25, 0.3) is 5.56 Å². The van der Waals surface area contributed by atoms with Gasteiger partial charge in [0.2, 0.25) is 0 Å². The van der Waals surface area contributed by atoms with Crippen LogP contribution in [0.5, 0.6) is 0 Å². The first-order chi connectivity index (χ1) is 11.6. The maximum absolute atomic E-state index is 12.2. The van der Waals surface area contributed by atoms with Crippen molar-refractivity contribution in [1.82, 2.24) is 24.6 Å². The lowest BCUT2D eigenvalue weighted by Gasteiger charge is -2.21. The van der Waals surface area contributed by atoms with Gasteiger partial charge in [-0.3, -0.25) is 14.4 Å². The van der Waals surface area contributed by atoms with Gasteiger partial charge < -0.3 is 4.98 Å². The van der Waals surface area contributed by atoms with Gasteiger partial charge in [-0.25, -0.2) is 4.98 Å². The highest BCUT2D eigenvalue weighted by molar-refractivity contribution is 5.72. The lowest BCUT2D eigenvalue weighted by molar-refractivity contribution is 0.239. The Labute approximate surface area is 140 Å². The van der Waals surface area contributed by atoms with Gasteiger partial charge >= 0.3 is 0 Å². The Morgan fingerprint density at radius 3 is 2.71 bits per heavy atom. The first-order valence-electron chi connectivity index (χ1n) is 8.30. The number of rotatable bonds is 5. The van der Waals surface area contributed by atoms with E-state index in [0.717, 1.165) is 6.54 Å². The Bertz CT molecular complexity index is 921. The molecule has 124 valence electrons. The lowest BCUT2D eigenvalue weighted by atomic mass is 10.1. The summed E-state index contributed by atoms with van der Waals surface area (Å²) in [4.78, 5) is 22.1.